The first-order chi connectivity index (χ1) is 17.0. The Hall–Kier alpha value is -3.21. The van der Waals surface area contributed by atoms with Crippen LogP contribution in [-0.2, 0) is 14.3 Å². The molecule has 0 saturated heterocycles. The minimum absolute atomic E-state index is 0.0412. The Balaban J connectivity index is 1.52. The normalized spacial score (nSPS) is 25.0. The fraction of sp³-hybridized carbons (Fsp3) is 0.433. The maximum Gasteiger partial charge on any atom is 0.315 e. The molecule has 2 aromatic rings. The summed E-state index contributed by atoms with van der Waals surface area (Å²) in [6, 6.07) is 17.9. The van der Waals surface area contributed by atoms with E-state index in [2.05, 4.69) is 12.1 Å². The average Bonchev–Trinajstić information content (AvgIpc) is 2.89. The topological polar surface area (TPSA) is 65.0 Å². The molecule has 0 amide bonds. The summed E-state index contributed by atoms with van der Waals surface area (Å²) < 4.78 is 11.4. The minimum atomic E-state index is -0.596. The Morgan fingerprint density at radius 2 is 1.63 bits per heavy atom. The summed E-state index contributed by atoms with van der Waals surface area (Å²) in [5.41, 5.74) is 4.30. The smallest absolute Gasteiger partial charge is 0.315 e. The lowest BCUT2D eigenvalue weighted by Crippen LogP contribution is -2.39. The zero-order chi connectivity index (χ0) is 24.4. The van der Waals surface area contributed by atoms with Crippen molar-refractivity contribution in [3.63, 3.8) is 0 Å². The number of carbonyl (C=O) groups excluding carboxylic acids is 2. The summed E-state index contributed by atoms with van der Waals surface area (Å²) in [6.07, 6.45) is 6.27. The molecular formula is C30H33NO4. The second kappa shape index (κ2) is 10.2. The Morgan fingerprint density at radius 3 is 2.31 bits per heavy atom. The summed E-state index contributed by atoms with van der Waals surface area (Å²) >= 11 is 0. The molecule has 182 valence electrons. The molecular weight excluding hydrogens is 438 g/mol. The quantitative estimate of drug-likeness (QED) is 0.491. The second-order valence-electron chi connectivity index (χ2n) is 9.98. The molecule has 1 heterocycles. The molecule has 1 fully saturated rings. The maximum absolute atomic E-state index is 13.7. The third-order valence-corrected chi connectivity index (χ3v) is 7.72. The van der Waals surface area contributed by atoms with Crippen molar-refractivity contribution < 1.29 is 19.1 Å². The van der Waals surface area contributed by atoms with Crippen molar-refractivity contribution in [3.8, 4) is 5.75 Å². The first-order valence-corrected chi connectivity index (χ1v) is 12.8. The van der Waals surface area contributed by atoms with Crippen LogP contribution in [0, 0.1) is 5.92 Å². The molecule has 35 heavy (non-hydrogen) atoms. The number of hydrogen-bond donors (Lipinski definition) is 0. The van der Waals surface area contributed by atoms with Gasteiger partial charge in [-0.1, -0.05) is 48.9 Å². The van der Waals surface area contributed by atoms with E-state index in [4.69, 9.17) is 14.5 Å². The monoisotopic (exact) mass is 471 g/mol. The summed E-state index contributed by atoms with van der Waals surface area (Å²) in [5, 5.41) is 0. The first kappa shape index (κ1) is 23.5. The van der Waals surface area contributed by atoms with Gasteiger partial charge in [0.1, 0.15) is 17.8 Å². The molecule has 0 bridgehead atoms. The van der Waals surface area contributed by atoms with Gasteiger partial charge in [-0.05, 0) is 68.2 Å². The number of benzene rings is 2. The number of esters is 1. The molecule has 2 aromatic carbocycles. The minimum Gasteiger partial charge on any atom is -0.497 e. The third kappa shape index (κ3) is 4.82. The average molecular weight is 472 g/mol. The van der Waals surface area contributed by atoms with E-state index in [1.807, 2.05) is 49.4 Å². The highest BCUT2D eigenvalue weighted by Crippen LogP contribution is 2.47. The lowest BCUT2D eigenvalue weighted by molar-refractivity contribution is -0.153. The maximum atomic E-state index is 13.7. The molecule has 5 rings (SSSR count). The van der Waals surface area contributed by atoms with Crippen molar-refractivity contribution in [2.45, 2.75) is 69.8 Å². The van der Waals surface area contributed by atoms with E-state index < -0.39 is 11.8 Å². The van der Waals surface area contributed by atoms with Crippen molar-refractivity contribution in [2.75, 3.05) is 7.11 Å². The molecule has 5 heteroatoms. The van der Waals surface area contributed by atoms with Crippen LogP contribution in [0.1, 0.15) is 74.8 Å². The van der Waals surface area contributed by atoms with Crippen molar-refractivity contribution in [1.29, 1.82) is 0 Å². The van der Waals surface area contributed by atoms with Crippen molar-refractivity contribution in [2.24, 2.45) is 10.9 Å². The number of carbonyl (C=O) groups is 2. The van der Waals surface area contributed by atoms with Crippen LogP contribution < -0.4 is 4.74 Å². The summed E-state index contributed by atoms with van der Waals surface area (Å²) in [5.74, 6) is -0.336. The lowest BCUT2D eigenvalue weighted by Gasteiger charge is -2.37. The number of aliphatic imine (C=N–C) groups is 1. The predicted octanol–water partition coefficient (Wildman–Crippen LogP) is 6.15. The SMILES string of the molecule is COc1ccc([C@@H]2C3=C(C[C@H](c4ccccc4)CC3=O)N=C(C)C2C(=O)OC2CCCCC2)cc1. The van der Waals surface area contributed by atoms with E-state index in [0.29, 0.717) is 18.4 Å². The molecule has 1 aliphatic heterocycles. The van der Waals surface area contributed by atoms with Crippen LogP contribution in [0.5, 0.6) is 5.75 Å². The Morgan fingerprint density at radius 1 is 0.914 bits per heavy atom. The van der Waals surface area contributed by atoms with E-state index >= 15 is 0 Å². The molecule has 5 nitrogen and oxygen atoms in total. The number of rotatable bonds is 5. The van der Waals surface area contributed by atoms with Crippen LogP contribution in [0.25, 0.3) is 0 Å². The molecule has 3 atom stereocenters. The molecule has 0 radical (unpaired) electrons. The van der Waals surface area contributed by atoms with Crippen molar-refractivity contribution in [1.82, 2.24) is 0 Å². The van der Waals surface area contributed by atoms with E-state index in [-0.39, 0.29) is 23.8 Å². The van der Waals surface area contributed by atoms with Crippen LogP contribution in [0.4, 0.5) is 0 Å². The van der Waals surface area contributed by atoms with E-state index in [1.165, 1.54) is 6.42 Å². The first-order valence-electron chi connectivity index (χ1n) is 12.8. The van der Waals surface area contributed by atoms with Gasteiger partial charge in [-0.3, -0.25) is 14.6 Å². The van der Waals surface area contributed by atoms with Gasteiger partial charge in [-0.2, -0.15) is 0 Å². The van der Waals surface area contributed by atoms with Crippen LogP contribution in [0.2, 0.25) is 0 Å². The number of ether oxygens (including phenoxy) is 2. The number of ketones is 1. The number of nitrogens with zero attached hydrogens (tertiary/aromatic N) is 1. The molecule has 3 aliphatic rings. The largest absolute Gasteiger partial charge is 0.497 e. The van der Waals surface area contributed by atoms with Gasteiger partial charge in [0, 0.05) is 29.3 Å². The second-order valence-corrected chi connectivity index (χ2v) is 9.98. The summed E-state index contributed by atoms with van der Waals surface area (Å²) in [7, 11) is 1.63. The summed E-state index contributed by atoms with van der Waals surface area (Å²) in [6.45, 7) is 1.91. The summed E-state index contributed by atoms with van der Waals surface area (Å²) in [4.78, 5) is 32.2. The van der Waals surface area contributed by atoms with Gasteiger partial charge in [-0.25, -0.2) is 0 Å². The van der Waals surface area contributed by atoms with Gasteiger partial charge in [-0.15, -0.1) is 0 Å². The standard InChI is InChI=1S/C30H33NO4/c1-19-27(30(33)35-24-11-7-4-8-12-24)28(21-13-15-23(34-2)16-14-21)29-25(31-19)17-22(18-26(29)32)20-9-5-3-6-10-20/h3,5-6,9-10,13-16,22,24,27-28H,4,7-8,11-12,17-18H2,1-2H3/t22-,27?,28-/m0/s1. The van der Waals surface area contributed by atoms with E-state index in [9.17, 15) is 9.59 Å². The van der Waals surface area contributed by atoms with Gasteiger partial charge >= 0.3 is 5.97 Å². The number of Topliss-reactive ketones (excluding diaryl/α,β-unsaturated/α-hetero) is 1. The number of hydrogen-bond acceptors (Lipinski definition) is 5. The molecule has 0 N–H and O–H groups in total. The van der Waals surface area contributed by atoms with Crippen LogP contribution in [0.15, 0.2) is 70.9 Å². The van der Waals surface area contributed by atoms with E-state index in [1.54, 1.807) is 7.11 Å². The highest BCUT2D eigenvalue weighted by molar-refractivity contribution is 6.09. The van der Waals surface area contributed by atoms with Gasteiger partial charge in [0.05, 0.1) is 7.11 Å². The number of allylic oxidation sites excluding steroid dienone is 2. The fourth-order valence-corrected chi connectivity index (χ4v) is 5.92. The zero-order valence-corrected chi connectivity index (χ0v) is 20.5. The van der Waals surface area contributed by atoms with Gasteiger partial charge in [0.2, 0.25) is 0 Å². The molecule has 1 unspecified atom stereocenters. The Bertz CT molecular complexity index is 1140. The third-order valence-electron chi connectivity index (χ3n) is 7.72. The van der Waals surface area contributed by atoms with Crippen LogP contribution in [0.3, 0.4) is 0 Å². The molecule has 0 aromatic heterocycles. The van der Waals surface area contributed by atoms with E-state index in [0.717, 1.165) is 54.0 Å². The predicted molar refractivity (Wildman–Crippen MR) is 136 cm³/mol. The fourth-order valence-electron chi connectivity index (χ4n) is 5.92. The number of methoxy groups -OCH3 is 1. The van der Waals surface area contributed by atoms with Crippen molar-refractivity contribution in [3.05, 3.63) is 77.0 Å². The Kier molecular flexibility index (Phi) is 6.85. The van der Waals surface area contributed by atoms with Gasteiger partial charge < -0.3 is 9.47 Å². The lowest BCUT2D eigenvalue weighted by atomic mass is 9.69. The zero-order valence-electron chi connectivity index (χ0n) is 20.5. The molecule has 1 saturated carbocycles. The van der Waals surface area contributed by atoms with Crippen LogP contribution in [-0.4, -0.2) is 30.7 Å². The van der Waals surface area contributed by atoms with Crippen LogP contribution >= 0.6 is 0 Å². The van der Waals surface area contributed by atoms with Crippen molar-refractivity contribution >= 4 is 17.5 Å². The highest BCUT2D eigenvalue weighted by atomic mass is 16.5. The van der Waals surface area contributed by atoms with Gasteiger partial charge in [0.15, 0.2) is 5.78 Å². The Labute approximate surface area is 207 Å². The highest BCUT2D eigenvalue weighted by Gasteiger charge is 2.45. The van der Waals surface area contributed by atoms with Gasteiger partial charge in [0.25, 0.3) is 0 Å². The molecule has 2 aliphatic carbocycles. The molecule has 0 spiro atoms.